The summed E-state index contributed by atoms with van der Waals surface area (Å²) < 4.78 is 52.4. The maximum absolute atomic E-state index is 13.5. The molecule has 3 aromatic carbocycles. The number of nitrogens with zero attached hydrogens (tertiary/aromatic N) is 3. The van der Waals surface area contributed by atoms with Gasteiger partial charge in [-0.1, -0.05) is 6.07 Å². The average molecular weight is 833 g/mol. The van der Waals surface area contributed by atoms with Crippen LogP contribution in [0.1, 0.15) is 89.2 Å². The molecule has 15 nitrogen and oxygen atoms in total. The number of unbranched alkanes of at least 4 members (excludes halogenated alkanes) is 1. The number of methoxy groups -OCH3 is 1. The second-order valence-electron chi connectivity index (χ2n) is 14.9. The lowest BCUT2D eigenvalue weighted by Crippen LogP contribution is -2.48. The highest BCUT2D eigenvalue weighted by molar-refractivity contribution is 6.25. The monoisotopic (exact) mass is 832 g/mol. The summed E-state index contributed by atoms with van der Waals surface area (Å²) in [6.45, 7) is 4.27. The molecule has 0 bridgehead atoms. The second-order valence-corrected chi connectivity index (χ2v) is 14.9. The molecule has 2 atom stereocenters. The molecule has 6 N–H and O–H groups in total. The summed E-state index contributed by atoms with van der Waals surface area (Å²) in [5.74, 6) is -0.415. The number of carbonyl (C=O) groups excluding carboxylic acids is 5. The number of nitrogens with two attached hydrogens (primary N) is 1. The number of aryl methyl sites for hydroxylation is 1. The van der Waals surface area contributed by atoms with Gasteiger partial charge in [-0.3, -0.25) is 24.1 Å². The predicted octanol–water partition coefficient (Wildman–Crippen LogP) is 5.58. The Morgan fingerprint density at radius 3 is 2.47 bits per heavy atom. The first-order valence-electron chi connectivity index (χ1n) is 19.5. The van der Waals surface area contributed by atoms with Gasteiger partial charge < -0.3 is 41.3 Å². The number of hydrogen-bond donors (Lipinski definition) is 5. The number of nitrogens with one attached hydrogen (secondary N) is 4. The number of fused-ring (bicyclic) bond motifs is 2. The van der Waals surface area contributed by atoms with Crippen molar-refractivity contribution in [1.82, 2.24) is 25.5 Å². The molecule has 1 saturated carbocycles. The Labute approximate surface area is 344 Å². The fraction of sp³-hybridized carbons (Fsp3) is 0.405. The highest BCUT2D eigenvalue weighted by atomic mass is 19.4. The van der Waals surface area contributed by atoms with E-state index in [0.717, 1.165) is 17.0 Å². The molecule has 1 aliphatic heterocycles. The molecule has 1 fully saturated rings. The number of nitrogen functional groups attached to an aromatic ring is 1. The minimum atomic E-state index is -4.57. The van der Waals surface area contributed by atoms with E-state index in [1.54, 1.807) is 38.1 Å². The van der Waals surface area contributed by atoms with Crippen LogP contribution in [0.2, 0.25) is 0 Å². The van der Waals surface area contributed by atoms with E-state index in [0.29, 0.717) is 90.4 Å². The standard InChI is InChI=1S/C42H47F3N8O7/c1-23(25-17-26(42(43,44)45)19-27(46)18-25)50-36-29-20-34(33(59-4)21-31(29)51-24(2)52-36)60-22-41(12-13-41)40(58)49-15-6-5-14-48-30-10-7-9-28-35(30)39(57)53(38(28)56)32(11-8-16-54)37(55)47-3/h7,9-10,16-21,23,32,48H,5-6,8,11-15,22,46H2,1-4H3,(H,47,55)(H,49,58)(H,50,51,52)/t23-,32?/m1/s1. The number of likely N-dealkylation sites (N-methyl/N-ethyl adjacent to an activating group) is 1. The predicted molar refractivity (Wildman–Crippen MR) is 217 cm³/mol. The molecule has 2 heterocycles. The highest BCUT2D eigenvalue weighted by Crippen LogP contribution is 2.47. The van der Waals surface area contributed by atoms with Gasteiger partial charge >= 0.3 is 6.18 Å². The van der Waals surface area contributed by atoms with Crippen molar-refractivity contribution < 1.29 is 46.6 Å². The van der Waals surface area contributed by atoms with E-state index >= 15 is 0 Å². The van der Waals surface area contributed by atoms with Gasteiger partial charge in [0, 0.05) is 49.4 Å². The fourth-order valence-electron chi connectivity index (χ4n) is 7.18. The van der Waals surface area contributed by atoms with Crippen LogP contribution in [0.25, 0.3) is 10.9 Å². The van der Waals surface area contributed by atoms with Crippen molar-refractivity contribution >= 4 is 58.0 Å². The topological polar surface area (TPSA) is 207 Å². The van der Waals surface area contributed by atoms with Crippen LogP contribution in [-0.4, -0.2) is 84.7 Å². The Hall–Kier alpha value is -6.46. The summed E-state index contributed by atoms with van der Waals surface area (Å²) in [6.07, 6.45) is -1.47. The van der Waals surface area contributed by atoms with Gasteiger partial charge in [0.05, 0.1) is 40.8 Å². The molecule has 4 aromatic rings. The summed E-state index contributed by atoms with van der Waals surface area (Å²) >= 11 is 0. The van der Waals surface area contributed by atoms with Gasteiger partial charge in [-0.2, -0.15) is 13.2 Å². The zero-order valence-electron chi connectivity index (χ0n) is 33.6. The molecule has 18 heteroatoms. The molecule has 60 heavy (non-hydrogen) atoms. The van der Waals surface area contributed by atoms with Gasteiger partial charge in [0.2, 0.25) is 11.8 Å². The lowest BCUT2D eigenvalue weighted by molar-refractivity contribution is -0.137. The second kappa shape index (κ2) is 17.8. The molecule has 318 valence electrons. The normalized spacial score (nSPS) is 15.2. The van der Waals surface area contributed by atoms with Crippen molar-refractivity contribution in [3.63, 3.8) is 0 Å². The van der Waals surface area contributed by atoms with E-state index in [4.69, 9.17) is 15.2 Å². The number of carbonyl (C=O) groups is 5. The number of anilines is 3. The minimum absolute atomic E-state index is 0.00488. The van der Waals surface area contributed by atoms with Crippen LogP contribution >= 0.6 is 0 Å². The van der Waals surface area contributed by atoms with Crippen LogP contribution in [0.5, 0.6) is 11.5 Å². The van der Waals surface area contributed by atoms with Crippen molar-refractivity contribution in [1.29, 1.82) is 0 Å². The molecule has 0 radical (unpaired) electrons. The maximum Gasteiger partial charge on any atom is 0.416 e. The molecule has 0 spiro atoms. The van der Waals surface area contributed by atoms with Crippen molar-refractivity contribution in [2.75, 3.05) is 50.2 Å². The summed E-state index contributed by atoms with van der Waals surface area (Å²) in [7, 11) is 2.88. The van der Waals surface area contributed by atoms with E-state index in [2.05, 4.69) is 31.2 Å². The number of amides is 4. The Bertz CT molecular complexity index is 2320. The zero-order chi connectivity index (χ0) is 43.4. The van der Waals surface area contributed by atoms with Crippen LogP contribution in [0, 0.1) is 12.3 Å². The van der Waals surface area contributed by atoms with Gasteiger partial charge in [-0.25, -0.2) is 9.97 Å². The smallest absolute Gasteiger partial charge is 0.416 e. The fourth-order valence-corrected chi connectivity index (χ4v) is 7.18. The van der Waals surface area contributed by atoms with Crippen LogP contribution in [0.15, 0.2) is 48.5 Å². The molecule has 4 amide bonds. The number of benzene rings is 3. The number of aromatic nitrogens is 2. The SMILES string of the molecule is CNC(=O)C(CCC=O)N1C(=O)c2cccc(NCCCCNC(=O)C3(COc4cc5c(N[C@H](C)c6cc(N)cc(C(F)(F)F)c6)nc(C)nc5cc4OC)CC3)c2C1=O. The van der Waals surface area contributed by atoms with Gasteiger partial charge in [0.1, 0.15) is 30.6 Å². The van der Waals surface area contributed by atoms with E-state index in [1.165, 1.54) is 26.3 Å². The number of alkyl halides is 3. The third-order valence-electron chi connectivity index (χ3n) is 10.7. The molecule has 1 aliphatic carbocycles. The quantitative estimate of drug-likeness (QED) is 0.0340. The molecule has 0 saturated heterocycles. The number of hydrogen-bond acceptors (Lipinski definition) is 12. The summed E-state index contributed by atoms with van der Waals surface area (Å²) in [4.78, 5) is 73.6. The van der Waals surface area contributed by atoms with Gasteiger partial charge in [0.25, 0.3) is 11.8 Å². The lowest BCUT2D eigenvalue weighted by Gasteiger charge is -2.24. The molecular weight excluding hydrogens is 786 g/mol. The van der Waals surface area contributed by atoms with Gasteiger partial charge in [-0.05, 0) is 87.9 Å². The van der Waals surface area contributed by atoms with Crippen molar-refractivity contribution in [2.45, 2.75) is 70.6 Å². The largest absolute Gasteiger partial charge is 0.493 e. The van der Waals surface area contributed by atoms with Crippen molar-refractivity contribution in [2.24, 2.45) is 5.41 Å². The first-order chi connectivity index (χ1) is 28.6. The van der Waals surface area contributed by atoms with Crippen LogP contribution in [0.3, 0.4) is 0 Å². The number of imide groups is 1. The highest BCUT2D eigenvalue weighted by Gasteiger charge is 2.51. The molecule has 1 unspecified atom stereocenters. The van der Waals surface area contributed by atoms with Crippen molar-refractivity contribution in [3.05, 3.63) is 76.6 Å². The number of ether oxygens (including phenoxy) is 2. The Kier molecular flexibility index (Phi) is 12.8. The van der Waals surface area contributed by atoms with Gasteiger partial charge in [0.15, 0.2) is 11.5 Å². The molecule has 2 aliphatic rings. The third kappa shape index (κ3) is 9.21. The average Bonchev–Trinajstić information content (AvgIpc) is 3.97. The van der Waals surface area contributed by atoms with Crippen LogP contribution < -0.4 is 36.5 Å². The maximum atomic E-state index is 13.5. The Balaban J connectivity index is 1.04. The van der Waals surface area contributed by atoms with E-state index in [1.807, 2.05) is 0 Å². The summed E-state index contributed by atoms with van der Waals surface area (Å²) in [6, 6.07) is 9.88. The number of aldehydes is 1. The van der Waals surface area contributed by atoms with E-state index < -0.39 is 47.0 Å². The molecule has 1 aromatic heterocycles. The Morgan fingerprint density at radius 2 is 1.78 bits per heavy atom. The third-order valence-corrected chi connectivity index (χ3v) is 10.7. The molecular formula is C42H47F3N8O7. The summed E-state index contributed by atoms with van der Waals surface area (Å²) in [5.41, 5.74) is 5.81. The first kappa shape index (κ1) is 43.1. The van der Waals surface area contributed by atoms with Crippen molar-refractivity contribution in [3.8, 4) is 11.5 Å². The van der Waals surface area contributed by atoms with E-state index in [9.17, 15) is 37.1 Å². The number of halogens is 3. The van der Waals surface area contributed by atoms with Gasteiger partial charge in [-0.15, -0.1) is 0 Å². The van der Waals surface area contributed by atoms with Crippen LogP contribution in [0.4, 0.5) is 30.4 Å². The minimum Gasteiger partial charge on any atom is -0.493 e. The Morgan fingerprint density at radius 1 is 1.03 bits per heavy atom. The number of rotatable bonds is 19. The lowest BCUT2D eigenvalue weighted by atomic mass is 10.0. The zero-order valence-corrected chi connectivity index (χ0v) is 33.6. The van der Waals surface area contributed by atoms with E-state index in [-0.39, 0.29) is 42.2 Å². The molecule has 6 rings (SSSR count). The summed E-state index contributed by atoms with van der Waals surface area (Å²) in [5, 5.41) is 12.4. The van der Waals surface area contributed by atoms with Crippen LogP contribution in [-0.2, 0) is 20.6 Å². The first-order valence-corrected chi connectivity index (χ1v) is 19.5.